The number of nitrogens with two attached hydrogens (primary N) is 1. The Morgan fingerprint density at radius 1 is 1.14 bits per heavy atom. The lowest BCUT2D eigenvalue weighted by Gasteiger charge is -2.23. The Bertz CT molecular complexity index is 821. The summed E-state index contributed by atoms with van der Waals surface area (Å²) in [6, 6.07) is 9.68. The SMILES string of the molecule is COc1cc(N)c(Cl)cc1C(=O)N1CCCN(Cc2ccc(F)cc2)CC1.Cl.Cl. The van der Waals surface area contributed by atoms with Gasteiger partial charge in [-0.05, 0) is 30.2 Å². The fourth-order valence-electron chi connectivity index (χ4n) is 3.26. The van der Waals surface area contributed by atoms with E-state index in [1.54, 1.807) is 24.3 Å². The van der Waals surface area contributed by atoms with E-state index in [2.05, 4.69) is 4.90 Å². The number of methoxy groups -OCH3 is 1. The largest absolute Gasteiger partial charge is 0.496 e. The number of carbonyl (C=O) groups excluding carboxylic acids is 1. The summed E-state index contributed by atoms with van der Waals surface area (Å²) in [6.07, 6.45) is 0.859. The van der Waals surface area contributed by atoms with Crippen molar-refractivity contribution in [2.45, 2.75) is 13.0 Å². The van der Waals surface area contributed by atoms with Crippen molar-refractivity contribution in [3.63, 3.8) is 0 Å². The second-order valence-electron chi connectivity index (χ2n) is 6.62. The van der Waals surface area contributed by atoms with Gasteiger partial charge in [0.1, 0.15) is 11.6 Å². The lowest BCUT2D eigenvalue weighted by Crippen LogP contribution is -2.35. The number of halogens is 4. The van der Waals surface area contributed by atoms with Gasteiger partial charge in [-0.15, -0.1) is 24.8 Å². The molecule has 29 heavy (non-hydrogen) atoms. The van der Waals surface area contributed by atoms with Crippen molar-refractivity contribution in [2.24, 2.45) is 0 Å². The maximum atomic E-state index is 13.1. The number of hydrogen-bond donors (Lipinski definition) is 1. The van der Waals surface area contributed by atoms with Gasteiger partial charge in [0.25, 0.3) is 5.91 Å². The summed E-state index contributed by atoms with van der Waals surface area (Å²) in [7, 11) is 1.51. The molecule has 3 rings (SSSR count). The number of carbonyl (C=O) groups is 1. The number of amides is 1. The van der Waals surface area contributed by atoms with Crippen LogP contribution >= 0.6 is 36.4 Å². The van der Waals surface area contributed by atoms with Crippen LogP contribution in [0.1, 0.15) is 22.3 Å². The molecule has 0 saturated carbocycles. The first-order valence-corrected chi connectivity index (χ1v) is 9.25. The first kappa shape index (κ1) is 25.3. The molecule has 0 radical (unpaired) electrons. The molecular weight excluding hydrogens is 440 g/mol. The van der Waals surface area contributed by atoms with Crippen LogP contribution in [0, 0.1) is 5.82 Å². The Kier molecular flexibility index (Phi) is 10.00. The number of rotatable bonds is 4. The van der Waals surface area contributed by atoms with Crippen LogP contribution in [-0.2, 0) is 6.54 Å². The maximum Gasteiger partial charge on any atom is 0.257 e. The highest BCUT2D eigenvalue weighted by atomic mass is 35.5. The first-order chi connectivity index (χ1) is 13.0. The Morgan fingerprint density at radius 2 is 1.83 bits per heavy atom. The molecule has 0 bridgehead atoms. The zero-order chi connectivity index (χ0) is 19.4. The zero-order valence-corrected chi connectivity index (χ0v) is 18.5. The molecule has 9 heteroatoms. The van der Waals surface area contributed by atoms with Crippen LogP contribution in [-0.4, -0.2) is 49.0 Å². The topological polar surface area (TPSA) is 58.8 Å². The molecule has 0 aliphatic carbocycles. The van der Waals surface area contributed by atoms with E-state index >= 15 is 0 Å². The summed E-state index contributed by atoms with van der Waals surface area (Å²) in [6.45, 7) is 3.61. The molecule has 160 valence electrons. The molecule has 5 nitrogen and oxygen atoms in total. The summed E-state index contributed by atoms with van der Waals surface area (Å²) in [5.74, 6) is 0.0780. The third kappa shape index (κ3) is 6.37. The molecule has 0 aromatic heterocycles. The van der Waals surface area contributed by atoms with Gasteiger partial charge in [0.05, 0.1) is 23.4 Å². The van der Waals surface area contributed by atoms with Crippen LogP contribution in [0.25, 0.3) is 0 Å². The van der Waals surface area contributed by atoms with E-state index in [4.69, 9.17) is 22.1 Å². The quantitative estimate of drug-likeness (QED) is 0.687. The summed E-state index contributed by atoms with van der Waals surface area (Å²) in [5, 5.41) is 0.340. The van der Waals surface area contributed by atoms with Crippen LogP contribution < -0.4 is 10.5 Å². The molecule has 0 unspecified atom stereocenters. The maximum absolute atomic E-state index is 13.1. The van der Waals surface area contributed by atoms with Crippen LogP contribution in [0.3, 0.4) is 0 Å². The van der Waals surface area contributed by atoms with Gasteiger partial charge < -0.3 is 15.4 Å². The Labute approximate surface area is 187 Å². The summed E-state index contributed by atoms with van der Waals surface area (Å²) in [4.78, 5) is 17.1. The standard InChI is InChI=1S/C20H23ClFN3O2.2ClH/c1-27-19-12-18(23)17(21)11-16(19)20(26)25-8-2-7-24(9-10-25)13-14-3-5-15(22)6-4-14;;/h3-6,11-12H,2,7-10,13,23H2,1H3;2*1H. The monoisotopic (exact) mass is 463 g/mol. The number of hydrogen-bond acceptors (Lipinski definition) is 4. The number of benzene rings is 2. The Morgan fingerprint density at radius 3 is 2.48 bits per heavy atom. The van der Waals surface area contributed by atoms with E-state index in [-0.39, 0.29) is 36.5 Å². The van der Waals surface area contributed by atoms with Crippen LogP contribution in [0.15, 0.2) is 36.4 Å². The van der Waals surface area contributed by atoms with Crippen molar-refractivity contribution in [3.05, 3.63) is 58.4 Å². The predicted molar refractivity (Wildman–Crippen MR) is 119 cm³/mol. The van der Waals surface area contributed by atoms with E-state index in [0.717, 1.165) is 31.6 Å². The minimum absolute atomic E-state index is 0. The number of nitrogen functional groups attached to an aromatic ring is 1. The third-order valence-electron chi connectivity index (χ3n) is 4.74. The lowest BCUT2D eigenvalue weighted by atomic mass is 10.1. The fourth-order valence-corrected chi connectivity index (χ4v) is 3.42. The average molecular weight is 465 g/mol. The highest BCUT2D eigenvalue weighted by Gasteiger charge is 2.23. The Hall–Kier alpha value is -1.73. The predicted octanol–water partition coefficient (Wildman–Crippen LogP) is 4.26. The third-order valence-corrected chi connectivity index (χ3v) is 5.07. The zero-order valence-electron chi connectivity index (χ0n) is 16.1. The number of nitrogens with zero attached hydrogens (tertiary/aromatic N) is 2. The minimum atomic E-state index is -0.234. The highest BCUT2D eigenvalue weighted by Crippen LogP contribution is 2.30. The van der Waals surface area contributed by atoms with Gasteiger partial charge in [0.2, 0.25) is 0 Å². The molecule has 1 fully saturated rings. The van der Waals surface area contributed by atoms with Crippen LogP contribution in [0.5, 0.6) is 5.75 Å². The smallest absolute Gasteiger partial charge is 0.257 e. The molecule has 2 aromatic carbocycles. The van der Waals surface area contributed by atoms with Gasteiger partial charge >= 0.3 is 0 Å². The van der Waals surface area contributed by atoms with Crippen molar-refractivity contribution < 1.29 is 13.9 Å². The van der Waals surface area contributed by atoms with Gasteiger partial charge in [-0.25, -0.2) is 4.39 Å². The minimum Gasteiger partial charge on any atom is -0.496 e. The fraction of sp³-hybridized carbons (Fsp3) is 0.350. The van der Waals surface area contributed by atoms with Gasteiger partial charge in [0.15, 0.2) is 0 Å². The van der Waals surface area contributed by atoms with Crippen molar-refractivity contribution in [2.75, 3.05) is 39.0 Å². The van der Waals surface area contributed by atoms with Crippen LogP contribution in [0.4, 0.5) is 10.1 Å². The molecule has 1 saturated heterocycles. The van der Waals surface area contributed by atoms with E-state index in [1.807, 2.05) is 4.90 Å². The average Bonchev–Trinajstić information content (AvgIpc) is 2.90. The van der Waals surface area contributed by atoms with Gasteiger partial charge in [0, 0.05) is 38.8 Å². The molecule has 2 aromatic rings. The van der Waals surface area contributed by atoms with E-state index in [0.29, 0.717) is 35.1 Å². The molecular formula is C20H25Cl3FN3O2. The summed E-state index contributed by atoms with van der Waals surface area (Å²) < 4.78 is 18.4. The second kappa shape index (κ2) is 11.5. The highest BCUT2D eigenvalue weighted by molar-refractivity contribution is 6.33. The first-order valence-electron chi connectivity index (χ1n) is 8.87. The van der Waals surface area contributed by atoms with Crippen molar-refractivity contribution >= 4 is 48.0 Å². The van der Waals surface area contributed by atoms with Crippen molar-refractivity contribution in [1.29, 1.82) is 0 Å². The Balaban J connectivity index is 0.00000210. The van der Waals surface area contributed by atoms with Gasteiger partial charge in [-0.1, -0.05) is 23.7 Å². The van der Waals surface area contributed by atoms with Crippen LogP contribution in [0.2, 0.25) is 5.02 Å². The van der Waals surface area contributed by atoms with Crippen molar-refractivity contribution in [3.8, 4) is 5.75 Å². The molecule has 1 aliphatic heterocycles. The lowest BCUT2D eigenvalue weighted by molar-refractivity contribution is 0.0758. The van der Waals surface area contributed by atoms with E-state index < -0.39 is 0 Å². The number of ether oxygens (including phenoxy) is 1. The van der Waals surface area contributed by atoms with E-state index in [1.165, 1.54) is 19.2 Å². The summed E-state index contributed by atoms with van der Waals surface area (Å²) >= 11 is 6.10. The molecule has 0 spiro atoms. The number of anilines is 1. The van der Waals surface area contributed by atoms with Crippen molar-refractivity contribution in [1.82, 2.24) is 9.80 Å². The summed E-state index contributed by atoms with van der Waals surface area (Å²) in [5.41, 5.74) is 7.66. The molecule has 1 amide bonds. The van der Waals surface area contributed by atoms with Gasteiger partial charge in [-0.3, -0.25) is 9.69 Å². The van der Waals surface area contributed by atoms with Gasteiger partial charge in [-0.2, -0.15) is 0 Å². The molecule has 1 aliphatic rings. The second-order valence-corrected chi connectivity index (χ2v) is 7.03. The van der Waals surface area contributed by atoms with E-state index in [9.17, 15) is 9.18 Å². The molecule has 2 N–H and O–H groups in total. The molecule has 1 heterocycles. The molecule has 0 atom stereocenters. The normalized spacial score (nSPS) is 14.4.